The van der Waals surface area contributed by atoms with Gasteiger partial charge in [0.05, 0.1) is 22.6 Å². The molecule has 0 radical (unpaired) electrons. The molecule has 6 nitrogen and oxygen atoms in total. The summed E-state index contributed by atoms with van der Waals surface area (Å²) in [6.45, 7) is 2.55. The van der Waals surface area contributed by atoms with Crippen LogP contribution in [0.3, 0.4) is 0 Å². The maximum absolute atomic E-state index is 12.3. The fourth-order valence-electron chi connectivity index (χ4n) is 2.36. The number of carbonyl (C=O) groups is 1. The zero-order chi connectivity index (χ0) is 17.1. The van der Waals surface area contributed by atoms with E-state index < -0.39 is 0 Å². The summed E-state index contributed by atoms with van der Waals surface area (Å²) < 4.78 is 3.38. The molecule has 24 heavy (non-hydrogen) atoms. The summed E-state index contributed by atoms with van der Waals surface area (Å²) in [5, 5.41) is 11.5. The molecule has 0 aliphatic heterocycles. The van der Waals surface area contributed by atoms with Gasteiger partial charge in [-0.1, -0.05) is 41.9 Å². The van der Waals surface area contributed by atoms with Crippen LogP contribution in [0, 0.1) is 6.92 Å². The second kappa shape index (κ2) is 6.88. The van der Waals surface area contributed by atoms with Gasteiger partial charge in [0, 0.05) is 19.8 Å². The molecule has 124 valence electrons. The van der Waals surface area contributed by atoms with Gasteiger partial charge in [-0.3, -0.25) is 14.2 Å². The number of halogens is 1. The number of carbonyl (C=O) groups excluding carboxylic acids is 1. The lowest BCUT2D eigenvalue weighted by atomic mass is 10.1. The molecule has 3 aromatic rings. The smallest absolute Gasteiger partial charge is 0.277 e. The van der Waals surface area contributed by atoms with Crippen molar-refractivity contribution in [1.29, 1.82) is 0 Å². The summed E-state index contributed by atoms with van der Waals surface area (Å²) in [7, 11) is 1.75. The minimum absolute atomic E-state index is 0.216. The molecule has 3 rings (SSSR count). The van der Waals surface area contributed by atoms with E-state index in [9.17, 15) is 4.79 Å². The Bertz CT molecular complexity index is 853. The summed E-state index contributed by atoms with van der Waals surface area (Å²) in [6, 6.07) is 10.2. The van der Waals surface area contributed by atoms with Crippen LogP contribution in [0.4, 0.5) is 5.69 Å². The SMILES string of the molecule is Cc1c(Cl)c(C(=O)Nc2cnn(CCc3ccccc3)c2)nn1C. The van der Waals surface area contributed by atoms with Crippen LogP contribution in [0.2, 0.25) is 5.02 Å². The third kappa shape index (κ3) is 3.49. The van der Waals surface area contributed by atoms with Crippen molar-refractivity contribution in [3.63, 3.8) is 0 Å². The molecular weight excluding hydrogens is 326 g/mol. The van der Waals surface area contributed by atoms with E-state index >= 15 is 0 Å². The first-order valence-electron chi connectivity index (χ1n) is 7.61. The van der Waals surface area contributed by atoms with Crippen molar-refractivity contribution in [3.05, 3.63) is 64.7 Å². The molecule has 1 aromatic carbocycles. The van der Waals surface area contributed by atoms with E-state index in [4.69, 9.17) is 11.6 Å². The van der Waals surface area contributed by atoms with Gasteiger partial charge in [-0.05, 0) is 18.9 Å². The lowest BCUT2D eigenvalue weighted by molar-refractivity contribution is 0.102. The third-order valence-corrected chi connectivity index (χ3v) is 4.29. The fourth-order valence-corrected chi connectivity index (χ4v) is 2.60. The lowest BCUT2D eigenvalue weighted by Crippen LogP contribution is -2.13. The minimum atomic E-state index is -0.341. The molecule has 2 aromatic heterocycles. The van der Waals surface area contributed by atoms with Crippen LogP contribution in [0.15, 0.2) is 42.7 Å². The van der Waals surface area contributed by atoms with E-state index in [0.717, 1.165) is 18.7 Å². The van der Waals surface area contributed by atoms with Crippen LogP contribution in [0.25, 0.3) is 0 Å². The normalized spacial score (nSPS) is 10.8. The van der Waals surface area contributed by atoms with Crippen molar-refractivity contribution in [2.75, 3.05) is 5.32 Å². The maximum atomic E-state index is 12.3. The Morgan fingerprint density at radius 2 is 2.04 bits per heavy atom. The van der Waals surface area contributed by atoms with Gasteiger partial charge in [-0.2, -0.15) is 10.2 Å². The highest BCUT2D eigenvalue weighted by Gasteiger charge is 2.18. The van der Waals surface area contributed by atoms with Gasteiger partial charge < -0.3 is 5.32 Å². The molecule has 0 aliphatic carbocycles. The number of aromatic nitrogens is 4. The van der Waals surface area contributed by atoms with Crippen LogP contribution in [-0.4, -0.2) is 25.5 Å². The largest absolute Gasteiger partial charge is 0.318 e. The second-order valence-corrected chi connectivity index (χ2v) is 5.93. The molecular formula is C17H18ClN5O. The van der Waals surface area contributed by atoms with Crippen LogP contribution < -0.4 is 5.32 Å². The van der Waals surface area contributed by atoms with E-state index in [-0.39, 0.29) is 11.6 Å². The Hall–Kier alpha value is -2.60. The van der Waals surface area contributed by atoms with E-state index in [1.807, 2.05) is 25.1 Å². The Morgan fingerprint density at radius 1 is 1.29 bits per heavy atom. The van der Waals surface area contributed by atoms with Crippen molar-refractivity contribution < 1.29 is 4.79 Å². The first-order valence-corrected chi connectivity index (χ1v) is 7.99. The highest BCUT2D eigenvalue weighted by molar-refractivity contribution is 6.34. The Morgan fingerprint density at radius 3 is 2.71 bits per heavy atom. The molecule has 0 unspecified atom stereocenters. The standard InChI is InChI=1S/C17H18ClN5O/c1-12-15(18)16(21-22(12)2)17(24)20-14-10-19-23(11-14)9-8-13-6-4-3-5-7-13/h3-7,10-11H,8-9H2,1-2H3,(H,20,24). The van der Waals surface area contributed by atoms with Crippen LogP contribution in [0.1, 0.15) is 21.7 Å². The monoisotopic (exact) mass is 343 g/mol. The van der Waals surface area contributed by atoms with E-state index in [1.165, 1.54) is 5.56 Å². The van der Waals surface area contributed by atoms with Crippen molar-refractivity contribution in [1.82, 2.24) is 19.6 Å². The first-order chi connectivity index (χ1) is 11.5. The molecule has 0 spiro atoms. The number of benzene rings is 1. The van der Waals surface area contributed by atoms with Gasteiger partial charge in [0.15, 0.2) is 5.69 Å². The molecule has 1 amide bonds. The van der Waals surface area contributed by atoms with Gasteiger partial charge >= 0.3 is 0 Å². The van der Waals surface area contributed by atoms with Gasteiger partial charge in [0.25, 0.3) is 5.91 Å². The van der Waals surface area contributed by atoms with Gasteiger partial charge in [-0.15, -0.1) is 0 Å². The predicted molar refractivity (Wildman–Crippen MR) is 93.3 cm³/mol. The summed E-state index contributed by atoms with van der Waals surface area (Å²) >= 11 is 6.13. The number of amides is 1. The Labute approximate surface area is 145 Å². The van der Waals surface area contributed by atoms with Crippen LogP contribution in [0.5, 0.6) is 0 Å². The van der Waals surface area contributed by atoms with Gasteiger partial charge in [0.1, 0.15) is 0 Å². The summed E-state index contributed by atoms with van der Waals surface area (Å²) in [6.07, 6.45) is 4.29. The number of aryl methyl sites for hydroxylation is 3. The first kappa shape index (κ1) is 16.3. The topological polar surface area (TPSA) is 64.7 Å². The Kier molecular flexibility index (Phi) is 4.66. The predicted octanol–water partition coefficient (Wildman–Crippen LogP) is 3.07. The average Bonchev–Trinajstić information content (AvgIpc) is 3.14. The van der Waals surface area contributed by atoms with E-state index in [0.29, 0.717) is 10.7 Å². The highest BCUT2D eigenvalue weighted by atomic mass is 35.5. The second-order valence-electron chi connectivity index (χ2n) is 5.55. The molecule has 0 aliphatic rings. The minimum Gasteiger partial charge on any atom is -0.318 e. The van der Waals surface area contributed by atoms with E-state index in [1.54, 1.807) is 28.8 Å². The number of hydrogen-bond acceptors (Lipinski definition) is 3. The third-order valence-electron chi connectivity index (χ3n) is 3.84. The molecule has 1 N–H and O–H groups in total. The molecule has 0 saturated carbocycles. The van der Waals surface area contributed by atoms with Gasteiger partial charge in [0.2, 0.25) is 0 Å². The number of nitrogens with zero attached hydrogens (tertiary/aromatic N) is 4. The summed E-state index contributed by atoms with van der Waals surface area (Å²) in [5.74, 6) is -0.341. The lowest BCUT2D eigenvalue weighted by Gasteiger charge is -2.02. The van der Waals surface area contributed by atoms with E-state index in [2.05, 4.69) is 27.6 Å². The number of anilines is 1. The summed E-state index contributed by atoms with van der Waals surface area (Å²) in [4.78, 5) is 12.3. The highest BCUT2D eigenvalue weighted by Crippen LogP contribution is 2.20. The number of nitrogens with one attached hydrogen (secondary N) is 1. The Balaban J connectivity index is 1.63. The quantitative estimate of drug-likeness (QED) is 0.774. The molecule has 7 heteroatoms. The molecule has 0 fully saturated rings. The molecule has 2 heterocycles. The zero-order valence-electron chi connectivity index (χ0n) is 13.5. The molecule has 0 bridgehead atoms. The summed E-state index contributed by atoms with van der Waals surface area (Å²) in [5.41, 5.74) is 2.83. The van der Waals surface area contributed by atoms with Crippen molar-refractivity contribution in [2.45, 2.75) is 19.9 Å². The van der Waals surface area contributed by atoms with Crippen molar-refractivity contribution in [3.8, 4) is 0 Å². The van der Waals surface area contributed by atoms with Crippen molar-refractivity contribution in [2.24, 2.45) is 7.05 Å². The average molecular weight is 344 g/mol. The van der Waals surface area contributed by atoms with Crippen LogP contribution >= 0.6 is 11.6 Å². The fraction of sp³-hybridized carbons (Fsp3) is 0.235. The van der Waals surface area contributed by atoms with Crippen LogP contribution in [-0.2, 0) is 20.0 Å². The van der Waals surface area contributed by atoms with Gasteiger partial charge in [-0.25, -0.2) is 0 Å². The van der Waals surface area contributed by atoms with Crippen molar-refractivity contribution >= 4 is 23.2 Å². The molecule has 0 saturated heterocycles. The number of rotatable bonds is 5. The number of hydrogen-bond donors (Lipinski definition) is 1. The maximum Gasteiger partial charge on any atom is 0.277 e. The molecule has 0 atom stereocenters. The zero-order valence-corrected chi connectivity index (χ0v) is 14.3.